The summed E-state index contributed by atoms with van der Waals surface area (Å²) >= 11 is 6.15. The Kier molecular flexibility index (Phi) is 3.81. The predicted octanol–water partition coefficient (Wildman–Crippen LogP) is 3.53. The average Bonchev–Trinajstić information content (AvgIpc) is 3.08. The molecule has 0 amide bonds. The monoisotopic (exact) mass is 313 g/mol. The number of rotatable bonds is 3. The summed E-state index contributed by atoms with van der Waals surface area (Å²) in [5.41, 5.74) is 5.55. The van der Waals surface area contributed by atoms with Gasteiger partial charge in [0.2, 0.25) is 0 Å². The molecule has 5 nitrogen and oxygen atoms in total. The van der Waals surface area contributed by atoms with E-state index < -0.39 is 0 Å². The molecule has 6 heteroatoms. The molecule has 0 N–H and O–H groups in total. The molecule has 0 saturated heterocycles. The van der Waals surface area contributed by atoms with E-state index in [0.29, 0.717) is 0 Å². The molecule has 0 aliphatic carbocycles. The van der Waals surface area contributed by atoms with Crippen molar-refractivity contribution in [2.75, 3.05) is 0 Å². The van der Waals surface area contributed by atoms with Crippen LogP contribution in [-0.2, 0) is 0 Å². The second kappa shape index (κ2) is 5.77. The quantitative estimate of drug-likeness (QED) is 0.694. The van der Waals surface area contributed by atoms with E-state index in [1.165, 1.54) is 5.56 Å². The zero-order valence-electron chi connectivity index (χ0n) is 12.7. The molecule has 3 aromatic rings. The molecule has 0 aliphatic rings. The van der Waals surface area contributed by atoms with Gasteiger partial charge in [-0.25, -0.2) is 4.68 Å². The zero-order valence-corrected chi connectivity index (χ0v) is 13.4. The van der Waals surface area contributed by atoms with E-state index in [2.05, 4.69) is 46.7 Å². The molecule has 2 heterocycles. The van der Waals surface area contributed by atoms with E-state index in [1.807, 2.05) is 24.4 Å². The van der Waals surface area contributed by atoms with Crippen molar-refractivity contribution in [3.05, 3.63) is 64.5 Å². The van der Waals surface area contributed by atoms with Crippen molar-refractivity contribution in [3.63, 3.8) is 0 Å². The Balaban J connectivity index is 2.05. The van der Waals surface area contributed by atoms with Crippen molar-refractivity contribution in [1.82, 2.24) is 19.4 Å². The molecule has 2 aromatic heterocycles. The Labute approximate surface area is 133 Å². The van der Waals surface area contributed by atoms with Gasteiger partial charge in [0, 0.05) is 27.7 Å². The molecule has 0 aliphatic heterocycles. The third kappa shape index (κ3) is 2.67. The van der Waals surface area contributed by atoms with Gasteiger partial charge < -0.3 is 4.57 Å². The van der Waals surface area contributed by atoms with Gasteiger partial charge in [-0.05, 0) is 44.5 Å². The topological polar surface area (TPSA) is 48.0 Å². The Morgan fingerprint density at radius 2 is 1.82 bits per heavy atom. The van der Waals surface area contributed by atoms with Crippen LogP contribution in [-0.4, -0.2) is 25.7 Å². The third-order valence-electron chi connectivity index (χ3n) is 3.62. The molecule has 1 aromatic carbocycles. The minimum Gasteiger partial charge on any atom is -0.318 e. The summed E-state index contributed by atoms with van der Waals surface area (Å²) in [5, 5.41) is 12.5. The molecule has 0 saturated carbocycles. The van der Waals surface area contributed by atoms with Gasteiger partial charge in [0.1, 0.15) is 12.7 Å². The van der Waals surface area contributed by atoms with E-state index >= 15 is 0 Å². The minimum absolute atomic E-state index is 0.729. The molecule has 3 rings (SSSR count). The van der Waals surface area contributed by atoms with E-state index in [4.69, 9.17) is 11.6 Å². The van der Waals surface area contributed by atoms with Crippen LogP contribution in [0.25, 0.3) is 5.69 Å². The lowest BCUT2D eigenvalue weighted by Gasteiger charge is -2.13. The maximum Gasteiger partial charge on any atom is 0.141 e. The van der Waals surface area contributed by atoms with Crippen molar-refractivity contribution in [2.24, 2.45) is 5.10 Å². The van der Waals surface area contributed by atoms with Crippen molar-refractivity contribution in [1.29, 1.82) is 0 Å². The fourth-order valence-corrected chi connectivity index (χ4v) is 2.66. The minimum atomic E-state index is 0.729. The Bertz CT molecular complexity index is 831. The highest BCUT2D eigenvalue weighted by Gasteiger charge is 2.11. The van der Waals surface area contributed by atoms with E-state index in [9.17, 15) is 0 Å². The van der Waals surface area contributed by atoms with Gasteiger partial charge in [0.05, 0.1) is 6.21 Å². The van der Waals surface area contributed by atoms with Crippen LogP contribution < -0.4 is 0 Å². The van der Waals surface area contributed by atoms with Gasteiger partial charge in [-0.2, -0.15) is 5.10 Å². The van der Waals surface area contributed by atoms with Crippen LogP contribution in [0.2, 0.25) is 5.02 Å². The summed E-state index contributed by atoms with van der Waals surface area (Å²) in [6, 6.07) is 8.02. The molecule has 0 radical (unpaired) electrons. The first-order valence-corrected chi connectivity index (χ1v) is 7.28. The molecule has 0 spiro atoms. The zero-order chi connectivity index (χ0) is 15.7. The van der Waals surface area contributed by atoms with Crippen LogP contribution in [0.15, 0.2) is 42.0 Å². The number of aryl methyl sites for hydroxylation is 2. The second-order valence-corrected chi connectivity index (χ2v) is 5.62. The first-order valence-electron chi connectivity index (χ1n) is 6.90. The lowest BCUT2D eigenvalue weighted by molar-refractivity contribution is 0.877. The summed E-state index contributed by atoms with van der Waals surface area (Å²) < 4.78 is 3.76. The molecule has 0 fully saturated rings. The molecule has 0 atom stereocenters. The molecule has 0 unspecified atom stereocenters. The average molecular weight is 314 g/mol. The van der Waals surface area contributed by atoms with Crippen molar-refractivity contribution in [2.45, 2.75) is 20.8 Å². The van der Waals surface area contributed by atoms with Gasteiger partial charge in [-0.3, -0.25) is 0 Å². The van der Waals surface area contributed by atoms with Crippen LogP contribution >= 0.6 is 11.6 Å². The van der Waals surface area contributed by atoms with E-state index in [1.54, 1.807) is 17.3 Å². The first kappa shape index (κ1) is 14.5. The number of hydrogen-bond acceptors (Lipinski definition) is 3. The van der Waals surface area contributed by atoms with Crippen molar-refractivity contribution in [3.8, 4) is 5.69 Å². The highest BCUT2D eigenvalue weighted by Crippen LogP contribution is 2.25. The normalized spacial score (nSPS) is 11.5. The van der Waals surface area contributed by atoms with Crippen molar-refractivity contribution < 1.29 is 0 Å². The summed E-state index contributed by atoms with van der Waals surface area (Å²) in [5.74, 6) is 0. The Morgan fingerprint density at radius 3 is 2.55 bits per heavy atom. The van der Waals surface area contributed by atoms with Crippen LogP contribution in [0, 0.1) is 20.8 Å². The smallest absolute Gasteiger partial charge is 0.141 e. The molecule has 22 heavy (non-hydrogen) atoms. The van der Waals surface area contributed by atoms with Crippen LogP contribution in [0.1, 0.15) is 22.5 Å². The van der Waals surface area contributed by atoms with Gasteiger partial charge in [0.25, 0.3) is 0 Å². The number of benzene rings is 1. The lowest BCUT2D eigenvalue weighted by atomic mass is 10.2. The molecular formula is C16H16ClN5. The predicted molar refractivity (Wildman–Crippen MR) is 88.0 cm³/mol. The summed E-state index contributed by atoms with van der Waals surface area (Å²) in [6.45, 7) is 6.22. The molecule has 0 bridgehead atoms. The van der Waals surface area contributed by atoms with E-state index in [0.717, 1.165) is 27.7 Å². The highest BCUT2D eigenvalue weighted by molar-refractivity contribution is 6.30. The van der Waals surface area contributed by atoms with Crippen LogP contribution in [0.3, 0.4) is 0 Å². The van der Waals surface area contributed by atoms with Gasteiger partial charge in [-0.1, -0.05) is 17.7 Å². The lowest BCUT2D eigenvalue weighted by Crippen LogP contribution is -2.02. The van der Waals surface area contributed by atoms with Crippen molar-refractivity contribution >= 4 is 17.8 Å². The summed E-state index contributed by atoms with van der Waals surface area (Å²) in [7, 11) is 0. The Hall–Kier alpha value is -2.40. The number of aromatic nitrogens is 4. The van der Waals surface area contributed by atoms with Gasteiger partial charge in [-0.15, -0.1) is 10.2 Å². The first-order chi connectivity index (χ1) is 10.6. The molecular weight excluding hydrogens is 298 g/mol. The van der Waals surface area contributed by atoms with Crippen LogP contribution in [0.5, 0.6) is 0 Å². The highest BCUT2D eigenvalue weighted by atomic mass is 35.5. The van der Waals surface area contributed by atoms with E-state index in [-0.39, 0.29) is 0 Å². The maximum atomic E-state index is 6.15. The maximum absolute atomic E-state index is 6.15. The summed E-state index contributed by atoms with van der Waals surface area (Å²) in [6.07, 6.45) is 4.91. The van der Waals surface area contributed by atoms with Gasteiger partial charge in [0.15, 0.2) is 0 Å². The number of hydrogen-bond donors (Lipinski definition) is 0. The Morgan fingerprint density at radius 1 is 1.09 bits per heavy atom. The summed E-state index contributed by atoms with van der Waals surface area (Å²) in [4.78, 5) is 0. The standard InChI is InChI=1S/C16H16ClN5/c1-11-4-5-15(17)7-16(11)22-12(2)6-14(13(22)3)8-20-21-9-18-19-10-21/h4-10H,1-3H3. The fourth-order valence-electron chi connectivity index (χ4n) is 2.50. The van der Waals surface area contributed by atoms with Crippen LogP contribution in [0.4, 0.5) is 0 Å². The SMILES string of the molecule is Cc1ccc(Cl)cc1-n1c(C)cc(C=Nn2cnnc2)c1C. The largest absolute Gasteiger partial charge is 0.318 e. The number of nitrogens with zero attached hydrogens (tertiary/aromatic N) is 5. The second-order valence-electron chi connectivity index (χ2n) is 5.18. The third-order valence-corrected chi connectivity index (χ3v) is 3.85. The fraction of sp³-hybridized carbons (Fsp3) is 0.188. The number of halogens is 1. The van der Waals surface area contributed by atoms with Gasteiger partial charge >= 0.3 is 0 Å². The molecule has 112 valence electrons.